The van der Waals surface area contributed by atoms with Gasteiger partial charge in [-0.3, -0.25) is 4.90 Å². The van der Waals surface area contributed by atoms with Gasteiger partial charge in [-0.15, -0.1) is 0 Å². The minimum absolute atomic E-state index is 0.315. The molecule has 0 bridgehead atoms. The van der Waals surface area contributed by atoms with E-state index in [9.17, 15) is 0 Å². The Kier molecular flexibility index (Phi) is 3.93. The van der Waals surface area contributed by atoms with Gasteiger partial charge in [0.25, 0.3) is 0 Å². The summed E-state index contributed by atoms with van der Waals surface area (Å²) in [7, 11) is 6.45. The summed E-state index contributed by atoms with van der Waals surface area (Å²) < 4.78 is 0. The zero-order valence-corrected chi connectivity index (χ0v) is 10.1. The molecule has 14 heavy (non-hydrogen) atoms. The molecule has 0 unspecified atom stereocenters. The lowest BCUT2D eigenvalue weighted by Crippen LogP contribution is -2.60. The van der Waals surface area contributed by atoms with Gasteiger partial charge in [-0.05, 0) is 39.9 Å². The normalized spacial score (nSPS) is 32.4. The predicted octanol–water partition coefficient (Wildman–Crippen LogP) is 0.607. The van der Waals surface area contributed by atoms with E-state index < -0.39 is 0 Å². The van der Waals surface area contributed by atoms with E-state index in [1.807, 2.05) is 0 Å². The van der Waals surface area contributed by atoms with Crippen molar-refractivity contribution in [2.45, 2.75) is 25.3 Å². The molecule has 0 saturated heterocycles. The quantitative estimate of drug-likeness (QED) is 0.704. The molecule has 1 aliphatic carbocycles. The minimum atomic E-state index is 0.315. The Balaban J connectivity index is 2.37. The van der Waals surface area contributed by atoms with E-state index in [0.29, 0.717) is 5.54 Å². The third-order valence-electron chi connectivity index (χ3n) is 3.53. The summed E-state index contributed by atoms with van der Waals surface area (Å²) in [4.78, 5) is 4.68. The maximum absolute atomic E-state index is 5.88. The van der Waals surface area contributed by atoms with Gasteiger partial charge >= 0.3 is 0 Å². The SMILES string of the molecule is CC1CC(CN)(N(C)CCN(C)C)C1. The van der Waals surface area contributed by atoms with Crippen LogP contribution in [0.3, 0.4) is 0 Å². The smallest absolute Gasteiger partial charge is 0.0334 e. The first-order chi connectivity index (χ1) is 6.50. The van der Waals surface area contributed by atoms with Crippen LogP contribution in [0, 0.1) is 5.92 Å². The fourth-order valence-corrected chi connectivity index (χ4v) is 2.46. The van der Waals surface area contributed by atoms with Crippen LogP contribution in [0.15, 0.2) is 0 Å². The summed E-state index contributed by atoms with van der Waals surface area (Å²) in [6, 6.07) is 0. The van der Waals surface area contributed by atoms with Crippen molar-refractivity contribution in [1.82, 2.24) is 9.80 Å². The first-order valence-electron chi connectivity index (χ1n) is 5.56. The number of likely N-dealkylation sites (N-methyl/N-ethyl adjacent to an activating group) is 2. The van der Waals surface area contributed by atoms with Gasteiger partial charge in [-0.2, -0.15) is 0 Å². The molecule has 84 valence electrons. The van der Waals surface area contributed by atoms with Crippen molar-refractivity contribution >= 4 is 0 Å². The number of hydrogen-bond donors (Lipinski definition) is 1. The van der Waals surface area contributed by atoms with Crippen LogP contribution in [-0.2, 0) is 0 Å². The van der Waals surface area contributed by atoms with E-state index >= 15 is 0 Å². The van der Waals surface area contributed by atoms with E-state index in [1.54, 1.807) is 0 Å². The number of rotatable bonds is 5. The molecule has 0 aromatic heterocycles. The molecule has 0 aromatic rings. The van der Waals surface area contributed by atoms with E-state index in [1.165, 1.54) is 12.8 Å². The van der Waals surface area contributed by atoms with Crippen LogP contribution in [0.2, 0.25) is 0 Å². The van der Waals surface area contributed by atoms with E-state index in [0.717, 1.165) is 25.6 Å². The van der Waals surface area contributed by atoms with Crippen molar-refractivity contribution in [2.24, 2.45) is 11.7 Å². The Morgan fingerprint density at radius 2 is 1.79 bits per heavy atom. The summed E-state index contributed by atoms with van der Waals surface area (Å²) >= 11 is 0. The highest BCUT2D eigenvalue weighted by Gasteiger charge is 2.43. The molecule has 0 aromatic carbocycles. The molecule has 1 rings (SSSR count). The van der Waals surface area contributed by atoms with Gasteiger partial charge in [-0.1, -0.05) is 6.92 Å². The van der Waals surface area contributed by atoms with Gasteiger partial charge in [0.15, 0.2) is 0 Å². The maximum atomic E-state index is 5.88. The van der Waals surface area contributed by atoms with Gasteiger partial charge in [-0.25, -0.2) is 0 Å². The molecule has 3 heteroatoms. The number of nitrogens with two attached hydrogens (primary N) is 1. The molecule has 0 aliphatic heterocycles. The molecule has 0 spiro atoms. The predicted molar refractivity (Wildman–Crippen MR) is 61.4 cm³/mol. The molecule has 1 fully saturated rings. The second-order valence-electron chi connectivity index (χ2n) is 5.17. The average molecular weight is 199 g/mol. The Labute approximate surface area is 88.2 Å². The Bertz CT molecular complexity index is 173. The van der Waals surface area contributed by atoms with Crippen molar-refractivity contribution in [3.05, 3.63) is 0 Å². The lowest BCUT2D eigenvalue weighted by molar-refractivity contribution is 0.00287. The minimum Gasteiger partial charge on any atom is -0.329 e. The Morgan fingerprint density at radius 3 is 2.14 bits per heavy atom. The fraction of sp³-hybridized carbons (Fsp3) is 1.00. The summed E-state index contributed by atoms with van der Waals surface area (Å²) in [5, 5.41) is 0. The van der Waals surface area contributed by atoms with Gasteiger partial charge in [0, 0.05) is 25.2 Å². The van der Waals surface area contributed by atoms with Crippen molar-refractivity contribution in [2.75, 3.05) is 40.8 Å². The van der Waals surface area contributed by atoms with Gasteiger partial charge in [0.05, 0.1) is 0 Å². The average Bonchev–Trinajstić information content (AvgIpc) is 2.08. The van der Waals surface area contributed by atoms with Crippen molar-refractivity contribution in [3.8, 4) is 0 Å². The molecule has 0 atom stereocenters. The van der Waals surface area contributed by atoms with Crippen LogP contribution in [0.5, 0.6) is 0 Å². The van der Waals surface area contributed by atoms with Crippen LogP contribution < -0.4 is 5.73 Å². The molecule has 1 aliphatic rings. The molecule has 0 amide bonds. The summed E-state index contributed by atoms with van der Waals surface area (Å²) in [6.45, 7) is 5.36. The van der Waals surface area contributed by atoms with Crippen LogP contribution >= 0.6 is 0 Å². The maximum Gasteiger partial charge on any atom is 0.0334 e. The molecule has 3 nitrogen and oxygen atoms in total. The molecule has 2 N–H and O–H groups in total. The van der Waals surface area contributed by atoms with Crippen molar-refractivity contribution in [3.63, 3.8) is 0 Å². The standard InChI is InChI=1S/C11H25N3/c1-10-7-11(8-10,9-12)14(4)6-5-13(2)3/h10H,5-9,12H2,1-4H3. The lowest BCUT2D eigenvalue weighted by Gasteiger charge is -2.52. The summed E-state index contributed by atoms with van der Waals surface area (Å²) in [6.07, 6.45) is 2.54. The third-order valence-corrected chi connectivity index (χ3v) is 3.53. The highest BCUT2D eigenvalue weighted by Crippen LogP contribution is 2.40. The molecule has 1 saturated carbocycles. The summed E-state index contributed by atoms with van der Waals surface area (Å²) in [5.74, 6) is 0.861. The fourth-order valence-electron chi connectivity index (χ4n) is 2.46. The van der Waals surface area contributed by atoms with Crippen LogP contribution in [0.4, 0.5) is 0 Å². The van der Waals surface area contributed by atoms with Crippen LogP contribution in [-0.4, -0.2) is 56.1 Å². The van der Waals surface area contributed by atoms with Crippen molar-refractivity contribution in [1.29, 1.82) is 0 Å². The monoisotopic (exact) mass is 199 g/mol. The third kappa shape index (κ3) is 2.47. The van der Waals surface area contributed by atoms with E-state index in [-0.39, 0.29) is 0 Å². The van der Waals surface area contributed by atoms with Crippen LogP contribution in [0.1, 0.15) is 19.8 Å². The molecule has 0 heterocycles. The number of hydrogen-bond acceptors (Lipinski definition) is 3. The van der Waals surface area contributed by atoms with Crippen LogP contribution in [0.25, 0.3) is 0 Å². The molecular weight excluding hydrogens is 174 g/mol. The van der Waals surface area contributed by atoms with E-state index in [4.69, 9.17) is 5.73 Å². The highest BCUT2D eigenvalue weighted by molar-refractivity contribution is 5.01. The van der Waals surface area contributed by atoms with E-state index in [2.05, 4.69) is 37.9 Å². The molecule has 0 radical (unpaired) electrons. The van der Waals surface area contributed by atoms with Crippen molar-refractivity contribution < 1.29 is 0 Å². The van der Waals surface area contributed by atoms with Gasteiger partial charge in [0.2, 0.25) is 0 Å². The highest BCUT2D eigenvalue weighted by atomic mass is 15.2. The first-order valence-corrected chi connectivity index (χ1v) is 5.56. The topological polar surface area (TPSA) is 32.5 Å². The van der Waals surface area contributed by atoms with Gasteiger partial charge < -0.3 is 10.6 Å². The Hall–Kier alpha value is -0.120. The second kappa shape index (κ2) is 4.60. The number of nitrogens with zero attached hydrogens (tertiary/aromatic N) is 2. The zero-order chi connectivity index (χ0) is 10.8. The summed E-state index contributed by atoms with van der Waals surface area (Å²) in [5.41, 5.74) is 6.20. The molecular formula is C11H25N3. The second-order valence-corrected chi connectivity index (χ2v) is 5.17. The lowest BCUT2D eigenvalue weighted by atomic mass is 9.68. The zero-order valence-electron chi connectivity index (χ0n) is 10.1. The van der Waals surface area contributed by atoms with Gasteiger partial charge in [0.1, 0.15) is 0 Å². The first kappa shape index (κ1) is 12.0. The largest absolute Gasteiger partial charge is 0.329 e. The Morgan fingerprint density at radius 1 is 1.21 bits per heavy atom.